The van der Waals surface area contributed by atoms with Crippen LogP contribution in [-0.4, -0.2) is 27.8 Å². The molecule has 0 aliphatic carbocycles. The third-order valence-electron chi connectivity index (χ3n) is 2.74. The number of aromatic nitrogens is 2. The Morgan fingerprint density at radius 3 is 2.71 bits per heavy atom. The lowest BCUT2D eigenvalue weighted by Gasteiger charge is -2.05. The monoisotopic (exact) mass is 298 g/mol. The van der Waals surface area contributed by atoms with Crippen LogP contribution in [-0.2, 0) is 4.74 Å². The fourth-order valence-electron chi connectivity index (χ4n) is 1.73. The number of carbonyl (C=O) groups is 1. The van der Waals surface area contributed by atoms with E-state index in [2.05, 4.69) is 10.1 Å². The molecule has 2 aromatic rings. The molecule has 1 N–H and O–H groups in total. The molecule has 0 aliphatic heterocycles. The van der Waals surface area contributed by atoms with Gasteiger partial charge in [-0.25, -0.2) is 13.6 Å². The summed E-state index contributed by atoms with van der Waals surface area (Å²) in [5.74, 6) is -3.92. The molecule has 112 valence electrons. The summed E-state index contributed by atoms with van der Waals surface area (Å²) < 4.78 is 36.6. The average Bonchev–Trinajstić information content (AvgIpc) is 2.91. The Labute approximate surface area is 118 Å². The molecule has 0 fully saturated rings. The molecule has 1 heterocycles. The molecule has 0 saturated carbocycles. The number of hydrogen-bond donors (Lipinski definition) is 1. The Hall–Kier alpha value is -2.35. The van der Waals surface area contributed by atoms with Crippen molar-refractivity contribution in [2.45, 2.75) is 20.0 Å². The smallest absolute Gasteiger partial charge is 0.336 e. The highest BCUT2D eigenvalue weighted by Gasteiger charge is 2.22. The van der Waals surface area contributed by atoms with Crippen LogP contribution in [0.2, 0.25) is 0 Å². The molecule has 2 rings (SSSR count). The Morgan fingerprint density at radius 2 is 2.10 bits per heavy atom. The van der Waals surface area contributed by atoms with E-state index in [4.69, 9.17) is 14.4 Å². The van der Waals surface area contributed by atoms with Crippen molar-refractivity contribution in [3.63, 3.8) is 0 Å². The third kappa shape index (κ3) is 3.05. The molecule has 0 radical (unpaired) electrons. The third-order valence-corrected chi connectivity index (χ3v) is 2.74. The Kier molecular flexibility index (Phi) is 4.27. The van der Waals surface area contributed by atoms with Crippen LogP contribution in [0.4, 0.5) is 8.78 Å². The first-order chi connectivity index (χ1) is 9.93. The standard InChI is InChI=1S/C13H12F2N2O4/c1-3-20-6(2)11-16-12(21-17-11)7-4-9(14)10(15)5-8(7)13(18)19/h4-6H,3H2,1-2H3,(H,18,19). The molecule has 0 amide bonds. The number of benzene rings is 1. The van der Waals surface area contributed by atoms with E-state index in [0.29, 0.717) is 18.7 Å². The highest BCUT2D eigenvalue weighted by molar-refractivity contribution is 5.94. The van der Waals surface area contributed by atoms with Crippen molar-refractivity contribution >= 4 is 5.97 Å². The van der Waals surface area contributed by atoms with Gasteiger partial charge in [0.05, 0.1) is 11.1 Å². The van der Waals surface area contributed by atoms with Crippen LogP contribution in [0.15, 0.2) is 16.7 Å². The van der Waals surface area contributed by atoms with Gasteiger partial charge in [0.15, 0.2) is 11.6 Å². The van der Waals surface area contributed by atoms with Gasteiger partial charge in [0.2, 0.25) is 5.82 Å². The molecular formula is C13H12F2N2O4. The van der Waals surface area contributed by atoms with Crippen LogP contribution in [0.5, 0.6) is 0 Å². The lowest BCUT2D eigenvalue weighted by Crippen LogP contribution is -2.03. The van der Waals surface area contributed by atoms with E-state index in [1.807, 2.05) is 0 Å². The summed E-state index contributed by atoms with van der Waals surface area (Å²) >= 11 is 0. The van der Waals surface area contributed by atoms with E-state index in [9.17, 15) is 13.6 Å². The number of carboxylic acid groups (broad SMARTS) is 1. The maximum absolute atomic E-state index is 13.3. The van der Waals surface area contributed by atoms with Crippen LogP contribution in [0.25, 0.3) is 11.5 Å². The molecule has 21 heavy (non-hydrogen) atoms. The van der Waals surface area contributed by atoms with E-state index < -0.39 is 29.3 Å². The lowest BCUT2D eigenvalue weighted by molar-refractivity contribution is 0.0682. The summed E-state index contributed by atoms with van der Waals surface area (Å²) in [5, 5.41) is 12.7. The maximum Gasteiger partial charge on any atom is 0.336 e. The molecule has 0 spiro atoms. The summed E-state index contributed by atoms with van der Waals surface area (Å²) in [4.78, 5) is 15.1. The van der Waals surface area contributed by atoms with Crippen molar-refractivity contribution in [1.82, 2.24) is 10.1 Å². The van der Waals surface area contributed by atoms with Crippen LogP contribution in [0, 0.1) is 11.6 Å². The number of nitrogens with zero attached hydrogens (tertiary/aromatic N) is 2. The largest absolute Gasteiger partial charge is 0.478 e. The molecular weight excluding hydrogens is 286 g/mol. The SMILES string of the molecule is CCOC(C)c1noc(-c2cc(F)c(F)cc2C(=O)O)n1. The minimum absolute atomic E-state index is 0.188. The number of aromatic carboxylic acids is 1. The fraction of sp³-hybridized carbons (Fsp3) is 0.308. The molecule has 0 saturated heterocycles. The van der Waals surface area contributed by atoms with Crippen LogP contribution in [0.3, 0.4) is 0 Å². The second-order valence-electron chi connectivity index (χ2n) is 4.17. The summed E-state index contributed by atoms with van der Waals surface area (Å²) in [6, 6.07) is 1.28. The first-order valence-corrected chi connectivity index (χ1v) is 6.12. The van der Waals surface area contributed by atoms with Gasteiger partial charge in [-0.2, -0.15) is 4.98 Å². The first kappa shape index (κ1) is 15.0. The first-order valence-electron chi connectivity index (χ1n) is 6.12. The molecule has 0 aliphatic rings. The van der Waals surface area contributed by atoms with Crippen molar-refractivity contribution in [3.8, 4) is 11.5 Å². The van der Waals surface area contributed by atoms with Gasteiger partial charge in [-0.3, -0.25) is 0 Å². The Morgan fingerprint density at radius 1 is 1.43 bits per heavy atom. The fourth-order valence-corrected chi connectivity index (χ4v) is 1.73. The molecule has 8 heteroatoms. The van der Waals surface area contributed by atoms with Gasteiger partial charge in [-0.15, -0.1) is 0 Å². The highest BCUT2D eigenvalue weighted by Crippen LogP contribution is 2.26. The molecule has 1 atom stereocenters. The van der Waals surface area contributed by atoms with Crippen LogP contribution >= 0.6 is 0 Å². The molecule has 0 bridgehead atoms. The van der Waals surface area contributed by atoms with Gasteiger partial charge in [-0.1, -0.05) is 5.16 Å². The number of carboxylic acids is 1. The van der Waals surface area contributed by atoms with Gasteiger partial charge in [0.25, 0.3) is 5.89 Å². The van der Waals surface area contributed by atoms with E-state index in [1.54, 1.807) is 13.8 Å². The van der Waals surface area contributed by atoms with E-state index in [0.717, 1.165) is 0 Å². The van der Waals surface area contributed by atoms with Crippen molar-refractivity contribution in [2.24, 2.45) is 0 Å². The zero-order valence-corrected chi connectivity index (χ0v) is 11.3. The normalized spacial score (nSPS) is 12.4. The Bertz CT molecular complexity index is 672. The van der Waals surface area contributed by atoms with Gasteiger partial charge in [0, 0.05) is 6.61 Å². The minimum Gasteiger partial charge on any atom is -0.478 e. The predicted octanol–water partition coefficient (Wildman–Crippen LogP) is 2.81. The number of rotatable bonds is 5. The average molecular weight is 298 g/mol. The van der Waals surface area contributed by atoms with E-state index in [1.165, 1.54) is 0 Å². The quantitative estimate of drug-likeness (QED) is 0.913. The van der Waals surface area contributed by atoms with Crippen molar-refractivity contribution in [2.75, 3.05) is 6.61 Å². The minimum atomic E-state index is -1.43. The second kappa shape index (κ2) is 5.96. The van der Waals surface area contributed by atoms with Crippen LogP contribution in [0.1, 0.15) is 36.1 Å². The zero-order chi connectivity index (χ0) is 15.6. The van der Waals surface area contributed by atoms with Crippen molar-refractivity contribution in [3.05, 3.63) is 35.2 Å². The summed E-state index contributed by atoms with van der Waals surface area (Å²) in [5.41, 5.74) is -0.656. The van der Waals surface area contributed by atoms with Crippen LogP contribution < -0.4 is 0 Å². The van der Waals surface area contributed by atoms with Crippen molar-refractivity contribution in [1.29, 1.82) is 0 Å². The zero-order valence-electron chi connectivity index (χ0n) is 11.3. The molecule has 1 aromatic heterocycles. The number of ether oxygens (including phenoxy) is 1. The highest BCUT2D eigenvalue weighted by atomic mass is 19.2. The Balaban J connectivity index is 2.47. The maximum atomic E-state index is 13.3. The van der Waals surface area contributed by atoms with Gasteiger partial charge in [-0.05, 0) is 26.0 Å². The van der Waals surface area contributed by atoms with Gasteiger partial charge >= 0.3 is 5.97 Å². The second-order valence-corrected chi connectivity index (χ2v) is 4.17. The predicted molar refractivity (Wildman–Crippen MR) is 66.7 cm³/mol. The molecule has 6 nitrogen and oxygen atoms in total. The summed E-state index contributed by atoms with van der Waals surface area (Å²) in [6.45, 7) is 3.90. The van der Waals surface area contributed by atoms with Gasteiger partial charge < -0.3 is 14.4 Å². The van der Waals surface area contributed by atoms with Crippen molar-refractivity contribution < 1.29 is 27.9 Å². The van der Waals surface area contributed by atoms with Gasteiger partial charge in [0.1, 0.15) is 6.10 Å². The molecule has 1 aromatic carbocycles. The number of hydrogen-bond acceptors (Lipinski definition) is 5. The topological polar surface area (TPSA) is 85.5 Å². The summed E-state index contributed by atoms with van der Waals surface area (Å²) in [6.07, 6.45) is -0.467. The number of halogens is 2. The summed E-state index contributed by atoms with van der Waals surface area (Å²) in [7, 11) is 0. The lowest BCUT2D eigenvalue weighted by atomic mass is 10.1. The molecule has 1 unspecified atom stereocenters. The van der Waals surface area contributed by atoms with E-state index >= 15 is 0 Å². The van der Waals surface area contributed by atoms with E-state index in [-0.39, 0.29) is 17.3 Å².